The van der Waals surface area contributed by atoms with Crippen LogP contribution in [-0.4, -0.2) is 30.9 Å². The topological polar surface area (TPSA) is 81.7 Å². The number of anilines is 1. The fraction of sp³-hybridized carbons (Fsp3) is 0.167. The summed E-state index contributed by atoms with van der Waals surface area (Å²) < 4.78 is 23.9. The number of ketones is 1. The van der Waals surface area contributed by atoms with Gasteiger partial charge >= 0.3 is 5.97 Å². The smallest absolute Gasteiger partial charge is 0.344 e. The van der Waals surface area contributed by atoms with Gasteiger partial charge in [-0.1, -0.05) is 11.6 Å². The Labute approximate surface area is 153 Å². The van der Waals surface area contributed by atoms with Crippen LogP contribution < -0.4 is 10.1 Å². The third-order valence-corrected chi connectivity index (χ3v) is 3.38. The number of benzene rings is 2. The molecule has 0 fully saturated rings. The van der Waals surface area contributed by atoms with Crippen LogP contribution in [-0.2, 0) is 14.3 Å². The zero-order chi connectivity index (χ0) is 19.1. The predicted molar refractivity (Wildman–Crippen MR) is 92.9 cm³/mol. The van der Waals surface area contributed by atoms with E-state index in [2.05, 4.69) is 5.32 Å². The van der Waals surface area contributed by atoms with Crippen molar-refractivity contribution >= 4 is 34.9 Å². The van der Waals surface area contributed by atoms with Crippen LogP contribution >= 0.6 is 11.6 Å². The summed E-state index contributed by atoms with van der Waals surface area (Å²) in [5, 5.41) is 2.92. The lowest BCUT2D eigenvalue weighted by Gasteiger charge is -2.08. The Morgan fingerprint density at radius 2 is 1.77 bits per heavy atom. The largest absolute Gasteiger partial charge is 0.482 e. The summed E-state index contributed by atoms with van der Waals surface area (Å²) in [7, 11) is 0. The van der Waals surface area contributed by atoms with E-state index in [0.29, 0.717) is 10.8 Å². The van der Waals surface area contributed by atoms with E-state index in [1.54, 1.807) is 24.3 Å². The zero-order valence-corrected chi connectivity index (χ0v) is 14.5. The predicted octanol–water partition coefficient (Wildman–Crippen LogP) is 3.24. The molecular weight excluding hydrogens is 365 g/mol. The van der Waals surface area contributed by atoms with Gasteiger partial charge in [-0.2, -0.15) is 0 Å². The van der Waals surface area contributed by atoms with E-state index in [4.69, 9.17) is 21.1 Å². The summed E-state index contributed by atoms with van der Waals surface area (Å²) >= 11 is 5.73. The van der Waals surface area contributed by atoms with Crippen LogP contribution in [0.25, 0.3) is 0 Å². The van der Waals surface area contributed by atoms with E-state index in [0.717, 1.165) is 6.07 Å². The van der Waals surface area contributed by atoms with Crippen molar-refractivity contribution in [1.82, 2.24) is 0 Å². The molecule has 8 heteroatoms. The normalized spacial score (nSPS) is 10.1. The first-order valence-electron chi connectivity index (χ1n) is 7.49. The number of rotatable bonds is 7. The highest BCUT2D eigenvalue weighted by Gasteiger charge is 2.15. The van der Waals surface area contributed by atoms with Crippen LogP contribution in [0.1, 0.15) is 17.3 Å². The fourth-order valence-corrected chi connectivity index (χ4v) is 2.09. The molecule has 0 atom stereocenters. The molecule has 26 heavy (non-hydrogen) atoms. The number of nitrogens with one attached hydrogen (secondary N) is 1. The zero-order valence-electron chi connectivity index (χ0n) is 13.8. The van der Waals surface area contributed by atoms with Crippen molar-refractivity contribution < 1.29 is 28.2 Å². The summed E-state index contributed by atoms with van der Waals surface area (Å²) in [4.78, 5) is 34.5. The van der Waals surface area contributed by atoms with E-state index >= 15 is 0 Å². The van der Waals surface area contributed by atoms with Gasteiger partial charge in [0, 0.05) is 17.6 Å². The summed E-state index contributed by atoms with van der Waals surface area (Å²) in [6, 6.07) is 9.95. The summed E-state index contributed by atoms with van der Waals surface area (Å²) in [6.45, 7) is 0.251. The number of halogens is 2. The molecule has 6 nitrogen and oxygen atoms in total. The van der Waals surface area contributed by atoms with Crippen molar-refractivity contribution in [2.75, 3.05) is 18.5 Å². The summed E-state index contributed by atoms with van der Waals surface area (Å²) in [5.74, 6) is -2.26. The first-order valence-corrected chi connectivity index (χ1v) is 7.87. The minimum atomic E-state index is -0.824. The third kappa shape index (κ3) is 5.86. The van der Waals surface area contributed by atoms with Crippen LogP contribution in [0.2, 0.25) is 5.02 Å². The number of hydrogen-bond donors (Lipinski definition) is 1. The van der Waals surface area contributed by atoms with Crippen molar-refractivity contribution in [2.45, 2.75) is 6.92 Å². The lowest BCUT2D eigenvalue weighted by Crippen LogP contribution is -2.20. The Bertz CT molecular complexity index is 823. The SMILES string of the molecule is CC(=O)Nc1ccc(C(=O)COC(=O)COc2ccc(Cl)cc2)c(F)c1. The standard InChI is InChI=1S/C18H15ClFNO5/c1-11(22)21-13-4-7-15(16(20)8-13)17(23)9-26-18(24)10-25-14-5-2-12(19)3-6-14/h2-8H,9-10H2,1H3,(H,21,22). The van der Waals surface area contributed by atoms with Gasteiger partial charge in [-0.3, -0.25) is 9.59 Å². The molecule has 2 rings (SSSR count). The van der Waals surface area contributed by atoms with Crippen LogP contribution in [0.5, 0.6) is 5.75 Å². The molecule has 0 spiro atoms. The molecule has 0 unspecified atom stereocenters. The van der Waals surface area contributed by atoms with E-state index in [1.165, 1.54) is 19.1 Å². The Kier molecular flexibility index (Phi) is 6.68. The highest BCUT2D eigenvalue weighted by Crippen LogP contribution is 2.16. The Morgan fingerprint density at radius 3 is 2.38 bits per heavy atom. The maximum absolute atomic E-state index is 13.9. The second kappa shape index (κ2) is 8.96. The summed E-state index contributed by atoms with van der Waals surface area (Å²) in [5.41, 5.74) is -0.0227. The molecule has 2 aromatic rings. The van der Waals surface area contributed by atoms with Crippen molar-refractivity contribution in [3.05, 3.63) is 58.9 Å². The number of carbonyl (C=O) groups excluding carboxylic acids is 3. The Morgan fingerprint density at radius 1 is 1.08 bits per heavy atom. The van der Waals surface area contributed by atoms with Gasteiger partial charge in [0.15, 0.2) is 13.2 Å². The minimum Gasteiger partial charge on any atom is -0.482 e. The number of hydrogen-bond acceptors (Lipinski definition) is 5. The molecule has 0 saturated heterocycles. The maximum Gasteiger partial charge on any atom is 0.344 e. The molecule has 0 aliphatic carbocycles. The molecule has 1 N–H and O–H groups in total. The molecule has 0 saturated carbocycles. The van der Waals surface area contributed by atoms with Gasteiger partial charge in [-0.25, -0.2) is 9.18 Å². The molecule has 1 amide bonds. The van der Waals surface area contributed by atoms with Crippen molar-refractivity contribution in [3.63, 3.8) is 0 Å². The number of carbonyl (C=O) groups is 3. The van der Waals surface area contributed by atoms with Crippen molar-refractivity contribution in [3.8, 4) is 5.75 Å². The Hall–Kier alpha value is -2.93. The van der Waals surface area contributed by atoms with Gasteiger partial charge in [0.25, 0.3) is 0 Å². The number of Topliss-reactive ketones (excluding diaryl/α,β-unsaturated/α-hetero) is 1. The molecule has 0 radical (unpaired) electrons. The van der Waals surface area contributed by atoms with Crippen molar-refractivity contribution in [2.24, 2.45) is 0 Å². The van der Waals surface area contributed by atoms with Gasteiger partial charge in [0.05, 0.1) is 5.56 Å². The molecule has 0 bridgehead atoms. The van der Waals surface area contributed by atoms with E-state index in [1.807, 2.05) is 0 Å². The average Bonchev–Trinajstić information content (AvgIpc) is 2.58. The van der Waals surface area contributed by atoms with E-state index in [-0.39, 0.29) is 17.2 Å². The summed E-state index contributed by atoms with van der Waals surface area (Å²) in [6.07, 6.45) is 0. The van der Waals surface area contributed by atoms with Gasteiger partial charge in [0.2, 0.25) is 11.7 Å². The lowest BCUT2D eigenvalue weighted by atomic mass is 10.1. The van der Waals surface area contributed by atoms with Crippen LogP contribution in [0.15, 0.2) is 42.5 Å². The first kappa shape index (κ1) is 19.4. The van der Waals surface area contributed by atoms with E-state index in [9.17, 15) is 18.8 Å². The monoisotopic (exact) mass is 379 g/mol. The molecular formula is C18H15ClFNO5. The highest BCUT2D eigenvalue weighted by atomic mass is 35.5. The molecule has 0 aliphatic rings. The van der Waals surface area contributed by atoms with Crippen molar-refractivity contribution in [1.29, 1.82) is 0 Å². The van der Waals surface area contributed by atoms with Gasteiger partial charge in [0.1, 0.15) is 11.6 Å². The molecule has 0 aliphatic heterocycles. The van der Waals surface area contributed by atoms with Crippen LogP contribution in [0.4, 0.5) is 10.1 Å². The average molecular weight is 380 g/mol. The molecule has 0 heterocycles. The van der Waals surface area contributed by atoms with Gasteiger partial charge in [-0.05, 0) is 42.5 Å². The number of ether oxygens (including phenoxy) is 2. The second-order valence-corrected chi connectivity index (χ2v) is 5.64. The fourth-order valence-electron chi connectivity index (χ4n) is 1.96. The van der Waals surface area contributed by atoms with Crippen LogP contribution in [0, 0.1) is 5.82 Å². The Balaban J connectivity index is 1.84. The lowest BCUT2D eigenvalue weighted by molar-refractivity contribution is -0.144. The number of esters is 1. The first-order chi connectivity index (χ1) is 12.3. The number of amides is 1. The van der Waals surface area contributed by atoms with E-state index < -0.39 is 30.8 Å². The molecule has 0 aromatic heterocycles. The third-order valence-electron chi connectivity index (χ3n) is 3.12. The molecule has 136 valence electrons. The molecule has 2 aromatic carbocycles. The quantitative estimate of drug-likeness (QED) is 0.590. The van der Waals surface area contributed by atoms with Crippen LogP contribution in [0.3, 0.4) is 0 Å². The van der Waals surface area contributed by atoms with Gasteiger partial charge in [-0.15, -0.1) is 0 Å². The highest BCUT2D eigenvalue weighted by molar-refractivity contribution is 6.30. The minimum absolute atomic E-state index is 0.222. The van der Waals surface area contributed by atoms with Gasteiger partial charge < -0.3 is 14.8 Å². The maximum atomic E-state index is 13.9. The second-order valence-electron chi connectivity index (χ2n) is 5.20.